The summed E-state index contributed by atoms with van der Waals surface area (Å²) in [4.78, 5) is 0. The lowest BCUT2D eigenvalue weighted by Gasteiger charge is -2.30. The van der Waals surface area contributed by atoms with Crippen LogP contribution in [0.1, 0.15) is 73.3 Å². The summed E-state index contributed by atoms with van der Waals surface area (Å²) in [5.74, 6) is 0.511. The van der Waals surface area contributed by atoms with Crippen LogP contribution in [0.25, 0.3) is 0 Å². The summed E-state index contributed by atoms with van der Waals surface area (Å²) in [7, 11) is 5.85. The molecule has 1 saturated carbocycles. The smallest absolute Gasteiger partial charge is 0.200 e. The predicted molar refractivity (Wildman–Crippen MR) is 175 cm³/mol. The summed E-state index contributed by atoms with van der Waals surface area (Å²) in [6, 6.07) is 6.96. The summed E-state index contributed by atoms with van der Waals surface area (Å²) < 4.78 is 22.6. The number of aryl methyl sites for hydroxylation is 1. The van der Waals surface area contributed by atoms with Crippen molar-refractivity contribution in [2.45, 2.75) is 93.9 Å². The van der Waals surface area contributed by atoms with Crippen LogP contribution in [-0.4, -0.2) is 88.4 Å². The zero-order valence-electron chi connectivity index (χ0n) is 26.1. The van der Waals surface area contributed by atoms with Crippen LogP contribution in [0, 0.1) is 5.92 Å². The van der Waals surface area contributed by atoms with Gasteiger partial charge < -0.3 is 49.6 Å². The molecule has 0 saturated heterocycles. The van der Waals surface area contributed by atoms with Crippen molar-refractivity contribution in [3.63, 3.8) is 0 Å². The number of hydrogen-bond acceptors (Lipinski definition) is 12. The molecule has 0 radical (unpaired) electrons. The van der Waals surface area contributed by atoms with E-state index in [2.05, 4.69) is 0 Å². The summed E-state index contributed by atoms with van der Waals surface area (Å²) in [5, 5.41) is 63.8. The van der Waals surface area contributed by atoms with E-state index in [0.29, 0.717) is 30.6 Å². The topological polar surface area (TPSA) is 158 Å². The van der Waals surface area contributed by atoms with Gasteiger partial charge in [-0.25, -0.2) is 0 Å². The first-order chi connectivity index (χ1) is 21.8. The first kappa shape index (κ1) is 35.8. The minimum absolute atomic E-state index is 0.0522. The molecule has 6 N–H and O–H groups in total. The number of aliphatic hydroxyl groups excluding tert-OH is 4. The molecule has 1 heterocycles. The van der Waals surface area contributed by atoms with Crippen molar-refractivity contribution in [3.05, 3.63) is 41.0 Å². The highest BCUT2D eigenvalue weighted by molar-refractivity contribution is 8.76. The van der Waals surface area contributed by atoms with Crippen LogP contribution in [0.2, 0.25) is 0 Å². The van der Waals surface area contributed by atoms with Crippen molar-refractivity contribution >= 4 is 21.6 Å². The van der Waals surface area contributed by atoms with Gasteiger partial charge in [-0.1, -0.05) is 28.0 Å². The molecule has 10 nitrogen and oxygen atoms in total. The van der Waals surface area contributed by atoms with E-state index in [1.54, 1.807) is 18.2 Å². The van der Waals surface area contributed by atoms with Gasteiger partial charge in [0.1, 0.15) is 6.79 Å². The third-order valence-electron chi connectivity index (χ3n) is 8.78. The van der Waals surface area contributed by atoms with Crippen LogP contribution in [0.3, 0.4) is 0 Å². The molecule has 5 atom stereocenters. The Morgan fingerprint density at radius 3 is 2.20 bits per heavy atom. The molecule has 0 amide bonds. The second-order valence-electron chi connectivity index (χ2n) is 11.8. The maximum atomic E-state index is 11.5. The van der Waals surface area contributed by atoms with Gasteiger partial charge in [0.05, 0.1) is 38.6 Å². The van der Waals surface area contributed by atoms with Crippen molar-refractivity contribution in [2.75, 3.05) is 33.4 Å². The molecule has 2 aromatic carbocycles. The zero-order valence-corrected chi connectivity index (χ0v) is 27.7. The molecule has 1 fully saturated rings. The van der Waals surface area contributed by atoms with Gasteiger partial charge in [0.25, 0.3) is 0 Å². The molecule has 45 heavy (non-hydrogen) atoms. The Hall–Kier alpha value is -2.06. The molecule has 0 aromatic heterocycles. The van der Waals surface area contributed by atoms with E-state index in [-0.39, 0.29) is 59.6 Å². The molecule has 0 spiro atoms. The van der Waals surface area contributed by atoms with E-state index in [9.17, 15) is 30.6 Å². The van der Waals surface area contributed by atoms with Crippen molar-refractivity contribution in [1.29, 1.82) is 0 Å². The lowest BCUT2D eigenvalue weighted by molar-refractivity contribution is -0.0808. The Morgan fingerprint density at radius 1 is 0.844 bits per heavy atom. The van der Waals surface area contributed by atoms with Crippen LogP contribution < -0.4 is 14.2 Å². The Morgan fingerprint density at radius 2 is 1.56 bits per heavy atom. The highest BCUT2D eigenvalue weighted by Gasteiger charge is 2.32. The van der Waals surface area contributed by atoms with Gasteiger partial charge >= 0.3 is 0 Å². The van der Waals surface area contributed by atoms with E-state index < -0.39 is 31.0 Å². The van der Waals surface area contributed by atoms with Gasteiger partial charge in [-0.15, -0.1) is 0 Å². The summed E-state index contributed by atoms with van der Waals surface area (Å²) in [6.07, 6.45) is 4.81. The largest absolute Gasteiger partial charge is 0.504 e. The van der Waals surface area contributed by atoms with E-state index >= 15 is 0 Å². The normalized spacial score (nSPS) is 25.3. The van der Waals surface area contributed by atoms with Gasteiger partial charge in [-0.05, 0) is 98.7 Å². The monoisotopic (exact) mass is 668 g/mol. The third-order valence-corrected chi connectivity index (χ3v) is 11.6. The Bertz CT molecular complexity index is 1180. The number of methoxy groups -OCH3 is 2. The second kappa shape index (κ2) is 17.7. The second-order valence-corrected chi connectivity index (χ2v) is 14.4. The summed E-state index contributed by atoms with van der Waals surface area (Å²) >= 11 is 0. The highest BCUT2D eigenvalue weighted by Crippen LogP contribution is 2.46. The maximum absolute atomic E-state index is 11.5. The van der Waals surface area contributed by atoms with Gasteiger partial charge in [0.2, 0.25) is 5.75 Å². The lowest BCUT2D eigenvalue weighted by atomic mass is 9.85. The molecule has 1 aliphatic heterocycles. The molecule has 0 unspecified atom stereocenters. The molecule has 1 aliphatic carbocycles. The average molecular weight is 669 g/mol. The number of aromatic hydroxyl groups is 2. The van der Waals surface area contributed by atoms with E-state index in [0.717, 1.165) is 36.8 Å². The summed E-state index contributed by atoms with van der Waals surface area (Å²) in [6.45, 7) is -0.572. The van der Waals surface area contributed by atoms with Crippen molar-refractivity contribution in [3.8, 4) is 28.7 Å². The predicted octanol–water partition coefficient (Wildman–Crippen LogP) is 4.88. The molecule has 2 aliphatic rings. The minimum atomic E-state index is -0.980. The molecule has 4 rings (SSSR count). The zero-order chi connectivity index (χ0) is 32.3. The minimum Gasteiger partial charge on any atom is -0.504 e. The Labute approximate surface area is 273 Å². The van der Waals surface area contributed by atoms with Crippen LogP contribution in [0.15, 0.2) is 24.3 Å². The standard InChI is InChI=1S/C33H48O10S2/c1-40-30-13-20(14-31(41-2)33(30)39)12-25-26(36)16-23(42-19-35)9-8-21-15-29(43-22-6-4-3-5-7-22)27(37)17-24(21)32(10-11-34)45-44-18-28(25)38/h13-15,17,22-23,25-26,28,32,34-39H,3-12,16,18-19H2,1-2H3/t23-,25-,26+,28+,32-/m0/s1. The van der Waals surface area contributed by atoms with E-state index in [4.69, 9.17) is 18.9 Å². The van der Waals surface area contributed by atoms with Crippen LogP contribution in [0.4, 0.5) is 0 Å². The van der Waals surface area contributed by atoms with Crippen molar-refractivity contribution < 1.29 is 49.6 Å². The fourth-order valence-corrected chi connectivity index (χ4v) is 9.19. The van der Waals surface area contributed by atoms with Gasteiger partial charge in [0.15, 0.2) is 23.0 Å². The van der Waals surface area contributed by atoms with E-state index in [1.807, 2.05) is 6.07 Å². The fourth-order valence-electron chi connectivity index (χ4n) is 6.29. The highest BCUT2D eigenvalue weighted by atomic mass is 33.1. The van der Waals surface area contributed by atoms with E-state index in [1.165, 1.54) is 42.2 Å². The molecule has 12 heteroatoms. The number of fused-ring (bicyclic) bond motifs is 1. The lowest BCUT2D eigenvalue weighted by Crippen LogP contribution is -2.38. The van der Waals surface area contributed by atoms with Crippen molar-refractivity contribution in [1.82, 2.24) is 0 Å². The van der Waals surface area contributed by atoms with Gasteiger partial charge in [-0.3, -0.25) is 0 Å². The Kier molecular flexibility index (Phi) is 14.1. The van der Waals surface area contributed by atoms with Gasteiger partial charge in [-0.2, -0.15) is 0 Å². The van der Waals surface area contributed by atoms with Gasteiger partial charge in [0, 0.05) is 23.5 Å². The number of ether oxygens (including phenoxy) is 4. The number of phenols is 2. The summed E-state index contributed by atoms with van der Waals surface area (Å²) in [5.41, 5.74) is 2.54. The number of phenolic OH excluding ortho intramolecular Hbond substituents is 2. The fraction of sp³-hybridized carbons (Fsp3) is 0.636. The van der Waals surface area contributed by atoms with Crippen LogP contribution in [0.5, 0.6) is 28.7 Å². The first-order valence-corrected chi connectivity index (χ1v) is 18.1. The number of hydrogen-bond donors (Lipinski definition) is 6. The molecule has 252 valence electrons. The first-order valence-electron chi connectivity index (χ1n) is 15.7. The number of benzene rings is 2. The average Bonchev–Trinajstić information content (AvgIpc) is 3.04. The molecular weight excluding hydrogens is 620 g/mol. The molecule has 0 bridgehead atoms. The SMILES string of the molecule is COc1cc(C[C@@H]2[C@H](O)CSS[C@@H](CCO)c3cc(O)c(OC4CCCCC4)cc3CC[C@H](OCO)C[C@H]2O)cc(OC)c1O. The molecular formula is C33H48O10S2. The maximum Gasteiger partial charge on any atom is 0.200 e. The van der Waals surface area contributed by atoms with Crippen LogP contribution >= 0.6 is 21.6 Å². The quantitative estimate of drug-likeness (QED) is 0.151. The van der Waals surface area contributed by atoms with Crippen molar-refractivity contribution in [2.24, 2.45) is 5.92 Å². The third kappa shape index (κ3) is 9.73. The van der Waals surface area contributed by atoms with Crippen LogP contribution in [-0.2, 0) is 17.6 Å². The Balaban J connectivity index is 1.63. The number of aliphatic hydroxyl groups is 4. The number of rotatable bonds is 10. The molecule has 2 aromatic rings.